The van der Waals surface area contributed by atoms with Gasteiger partial charge in [-0.3, -0.25) is 14.9 Å². The van der Waals surface area contributed by atoms with Gasteiger partial charge >= 0.3 is 12.4 Å². The fraction of sp³-hybridized carbons (Fsp3) is 0.312. The highest BCUT2D eigenvalue weighted by Gasteiger charge is 2.40. The molecule has 1 aromatic carbocycles. The van der Waals surface area contributed by atoms with Crippen LogP contribution in [0.25, 0.3) is 0 Å². The molecular weight excluding hydrogens is 412 g/mol. The van der Waals surface area contributed by atoms with Gasteiger partial charge in [0.05, 0.1) is 17.7 Å². The molecule has 0 atom stereocenters. The third-order valence-electron chi connectivity index (χ3n) is 3.50. The Bertz CT molecular complexity index is 849. The van der Waals surface area contributed by atoms with Gasteiger partial charge in [-0.1, -0.05) is 0 Å². The maximum atomic E-state index is 12.6. The summed E-state index contributed by atoms with van der Waals surface area (Å²) < 4.78 is 80.5. The number of carbonyl (C=O) groups excluding carboxylic acids is 1. The molecule has 0 saturated heterocycles. The number of furan rings is 1. The summed E-state index contributed by atoms with van der Waals surface area (Å²) in [6.07, 6.45) is -8.81. The van der Waals surface area contributed by atoms with Gasteiger partial charge in [-0.2, -0.15) is 26.3 Å². The third kappa shape index (κ3) is 6.69. The molecule has 13 heteroatoms. The zero-order valence-electron chi connectivity index (χ0n) is 14.4. The van der Waals surface area contributed by atoms with Crippen molar-refractivity contribution in [2.45, 2.75) is 18.9 Å². The lowest BCUT2D eigenvalue weighted by molar-refractivity contribution is -0.384. The first kappa shape index (κ1) is 22.0. The number of hydrogen-bond acceptors (Lipinski definition) is 5. The van der Waals surface area contributed by atoms with Crippen molar-refractivity contribution >= 4 is 17.3 Å². The van der Waals surface area contributed by atoms with Gasteiger partial charge in [-0.25, -0.2) is 0 Å². The molecule has 1 N–H and O–H groups in total. The number of anilines is 1. The van der Waals surface area contributed by atoms with Crippen LogP contribution in [0, 0.1) is 10.1 Å². The van der Waals surface area contributed by atoms with Crippen LogP contribution in [-0.4, -0.2) is 41.2 Å². The van der Waals surface area contributed by atoms with Gasteiger partial charge in [0.1, 0.15) is 24.5 Å². The van der Waals surface area contributed by atoms with Crippen LogP contribution >= 0.6 is 0 Å². The Labute approximate surface area is 159 Å². The molecule has 29 heavy (non-hydrogen) atoms. The number of rotatable bonds is 7. The summed E-state index contributed by atoms with van der Waals surface area (Å²) >= 11 is 0. The second-order valence-electron chi connectivity index (χ2n) is 5.81. The van der Waals surface area contributed by atoms with Crippen molar-refractivity contribution in [1.29, 1.82) is 0 Å². The smallest absolute Gasteiger partial charge is 0.406 e. The van der Waals surface area contributed by atoms with Gasteiger partial charge in [0.2, 0.25) is 0 Å². The van der Waals surface area contributed by atoms with E-state index in [4.69, 9.17) is 4.42 Å². The van der Waals surface area contributed by atoms with Crippen LogP contribution in [-0.2, 0) is 6.54 Å². The van der Waals surface area contributed by atoms with Crippen LogP contribution in [0.15, 0.2) is 41.0 Å². The Morgan fingerprint density at radius 2 is 1.72 bits per heavy atom. The Kier molecular flexibility index (Phi) is 6.39. The number of nitro groups is 1. The van der Waals surface area contributed by atoms with E-state index in [1.54, 1.807) is 12.1 Å². The standard InChI is InChI=1S/C16H13F6N3O4/c17-15(18,19)8-24(9-16(20,21)22)14(26)10-3-4-12(13(6-10)25(27)28)23-7-11-2-1-5-29-11/h1-6,23H,7-9H2. The number of carbonyl (C=O) groups is 1. The van der Waals surface area contributed by atoms with Gasteiger partial charge in [0, 0.05) is 11.6 Å². The summed E-state index contributed by atoms with van der Waals surface area (Å²) in [7, 11) is 0. The molecule has 1 heterocycles. The van der Waals surface area contributed by atoms with E-state index in [1.807, 2.05) is 0 Å². The second kappa shape index (κ2) is 8.41. The number of alkyl halides is 6. The van der Waals surface area contributed by atoms with Crippen LogP contribution in [0.1, 0.15) is 16.1 Å². The lowest BCUT2D eigenvalue weighted by Crippen LogP contribution is -2.44. The SMILES string of the molecule is O=C(c1ccc(NCc2ccco2)c([N+](=O)[O-])c1)N(CC(F)(F)F)CC(F)(F)F. The Balaban J connectivity index is 2.29. The molecule has 2 rings (SSSR count). The maximum absolute atomic E-state index is 12.6. The number of halogens is 6. The predicted octanol–water partition coefficient (Wildman–Crippen LogP) is 4.37. The summed E-state index contributed by atoms with van der Waals surface area (Å²) in [5, 5.41) is 13.9. The molecule has 0 aliphatic heterocycles. The fourth-order valence-electron chi connectivity index (χ4n) is 2.38. The van der Waals surface area contributed by atoms with E-state index in [-0.39, 0.29) is 12.2 Å². The normalized spacial score (nSPS) is 11.9. The molecule has 0 radical (unpaired) electrons. The number of benzene rings is 1. The molecule has 2 aromatic rings. The zero-order chi connectivity index (χ0) is 21.8. The van der Waals surface area contributed by atoms with E-state index in [0.29, 0.717) is 11.8 Å². The summed E-state index contributed by atoms with van der Waals surface area (Å²) in [5.41, 5.74) is -1.48. The molecule has 1 aromatic heterocycles. The largest absolute Gasteiger partial charge is 0.467 e. The lowest BCUT2D eigenvalue weighted by Gasteiger charge is -2.25. The minimum atomic E-state index is -5.09. The molecule has 7 nitrogen and oxygen atoms in total. The van der Waals surface area contributed by atoms with E-state index < -0.39 is 52.4 Å². The first-order chi connectivity index (χ1) is 13.4. The molecule has 1 amide bonds. The fourth-order valence-corrected chi connectivity index (χ4v) is 2.38. The van der Waals surface area contributed by atoms with Crippen molar-refractivity contribution < 1.29 is 40.5 Å². The highest BCUT2D eigenvalue weighted by Crippen LogP contribution is 2.28. The van der Waals surface area contributed by atoms with Crippen molar-refractivity contribution in [2.75, 3.05) is 18.4 Å². The number of hydrogen-bond donors (Lipinski definition) is 1. The topological polar surface area (TPSA) is 88.6 Å². The molecule has 0 fully saturated rings. The summed E-state index contributed by atoms with van der Waals surface area (Å²) in [6, 6.07) is 5.69. The van der Waals surface area contributed by atoms with Gasteiger partial charge in [-0.05, 0) is 24.3 Å². The quantitative estimate of drug-likeness (QED) is 0.404. The monoisotopic (exact) mass is 425 g/mol. The molecule has 0 bridgehead atoms. The average molecular weight is 425 g/mol. The molecule has 158 valence electrons. The van der Waals surface area contributed by atoms with E-state index in [9.17, 15) is 41.3 Å². The minimum Gasteiger partial charge on any atom is -0.467 e. The van der Waals surface area contributed by atoms with Gasteiger partial charge in [0.25, 0.3) is 11.6 Å². The number of nitro benzene ring substituents is 1. The number of nitrogens with zero attached hydrogens (tertiary/aromatic N) is 2. The average Bonchev–Trinajstić information content (AvgIpc) is 3.09. The van der Waals surface area contributed by atoms with E-state index in [0.717, 1.165) is 12.1 Å². The highest BCUT2D eigenvalue weighted by molar-refractivity contribution is 5.95. The number of nitrogens with one attached hydrogen (secondary N) is 1. The Morgan fingerprint density at radius 1 is 1.10 bits per heavy atom. The first-order valence-electron chi connectivity index (χ1n) is 7.83. The predicted molar refractivity (Wildman–Crippen MR) is 87.1 cm³/mol. The summed E-state index contributed by atoms with van der Waals surface area (Å²) in [5.74, 6) is -1.22. The second-order valence-corrected chi connectivity index (χ2v) is 5.81. The molecule has 0 aliphatic rings. The van der Waals surface area contributed by atoms with Crippen molar-refractivity contribution in [2.24, 2.45) is 0 Å². The summed E-state index contributed by atoms with van der Waals surface area (Å²) in [6.45, 7) is -4.29. The van der Waals surface area contributed by atoms with Gasteiger partial charge in [0.15, 0.2) is 0 Å². The van der Waals surface area contributed by atoms with Crippen molar-refractivity contribution in [3.63, 3.8) is 0 Å². The van der Waals surface area contributed by atoms with Crippen LogP contribution in [0.3, 0.4) is 0 Å². The Hall–Kier alpha value is -3.25. The van der Waals surface area contributed by atoms with Crippen molar-refractivity contribution in [3.05, 3.63) is 58.0 Å². The molecule has 0 aliphatic carbocycles. The van der Waals surface area contributed by atoms with E-state index >= 15 is 0 Å². The van der Waals surface area contributed by atoms with E-state index in [2.05, 4.69) is 5.32 Å². The lowest BCUT2D eigenvalue weighted by atomic mass is 10.1. The Morgan fingerprint density at radius 3 is 2.21 bits per heavy atom. The maximum Gasteiger partial charge on any atom is 0.406 e. The van der Waals surface area contributed by atoms with Crippen LogP contribution in [0.2, 0.25) is 0 Å². The number of amides is 1. The molecule has 0 saturated carbocycles. The third-order valence-corrected chi connectivity index (χ3v) is 3.50. The zero-order valence-corrected chi connectivity index (χ0v) is 14.4. The molecule has 0 unspecified atom stereocenters. The van der Waals surface area contributed by atoms with Crippen LogP contribution < -0.4 is 5.32 Å². The van der Waals surface area contributed by atoms with Crippen molar-refractivity contribution in [3.8, 4) is 0 Å². The first-order valence-corrected chi connectivity index (χ1v) is 7.83. The minimum absolute atomic E-state index is 0.0232. The molecule has 0 spiro atoms. The van der Waals surface area contributed by atoms with Gasteiger partial charge in [-0.15, -0.1) is 0 Å². The highest BCUT2D eigenvalue weighted by atomic mass is 19.4. The van der Waals surface area contributed by atoms with Crippen LogP contribution in [0.4, 0.5) is 37.7 Å². The molecular formula is C16H13F6N3O4. The van der Waals surface area contributed by atoms with Gasteiger partial charge < -0.3 is 14.6 Å². The summed E-state index contributed by atoms with van der Waals surface area (Å²) in [4.78, 5) is 22.1. The van der Waals surface area contributed by atoms with Crippen LogP contribution in [0.5, 0.6) is 0 Å². The van der Waals surface area contributed by atoms with Crippen molar-refractivity contribution in [1.82, 2.24) is 4.90 Å². The van der Waals surface area contributed by atoms with E-state index in [1.165, 1.54) is 6.26 Å².